The number of anilines is 3. The van der Waals surface area contributed by atoms with Crippen molar-refractivity contribution < 1.29 is 0 Å². The lowest BCUT2D eigenvalue weighted by Gasteiger charge is -2.26. The summed E-state index contributed by atoms with van der Waals surface area (Å²) in [6.45, 7) is 0. The predicted molar refractivity (Wildman–Crippen MR) is 119 cm³/mol. The molecule has 1 aliphatic carbocycles. The highest BCUT2D eigenvalue weighted by molar-refractivity contribution is 8.00. The Morgan fingerprint density at radius 2 is 1.83 bits per heavy atom. The van der Waals surface area contributed by atoms with Gasteiger partial charge in [0.15, 0.2) is 6.19 Å². The van der Waals surface area contributed by atoms with Crippen LogP contribution in [-0.2, 0) is 0 Å². The first-order chi connectivity index (χ1) is 14.6. The zero-order valence-corrected chi connectivity index (χ0v) is 17.2. The molecule has 2 heterocycles. The highest BCUT2D eigenvalue weighted by Crippen LogP contribution is 2.41. The zero-order valence-electron chi connectivity index (χ0n) is 16.4. The van der Waals surface area contributed by atoms with Gasteiger partial charge in [0.2, 0.25) is 5.96 Å². The molecule has 1 fully saturated rings. The van der Waals surface area contributed by atoms with Gasteiger partial charge in [-0.05, 0) is 30.5 Å². The van der Waals surface area contributed by atoms with Crippen LogP contribution in [0.15, 0.2) is 34.2 Å². The second-order valence-corrected chi connectivity index (χ2v) is 8.72. The van der Waals surface area contributed by atoms with Crippen LogP contribution in [-0.4, -0.2) is 16.2 Å². The maximum Gasteiger partial charge on any atom is 0.211 e. The SMILES string of the molecule is N#CNC1=NC(c2ccc(SC3CCCCC3)cc2)c2c(nc(N)c(C#N)c2N)N1. The number of pyridine rings is 1. The van der Waals surface area contributed by atoms with E-state index in [1.54, 1.807) is 0 Å². The number of hydrogen-bond acceptors (Lipinski definition) is 9. The summed E-state index contributed by atoms with van der Waals surface area (Å²) < 4.78 is 0. The first kappa shape index (κ1) is 19.9. The Bertz CT molecular complexity index is 1060. The molecule has 0 spiro atoms. The molecule has 30 heavy (non-hydrogen) atoms. The molecule has 9 heteroatoms. The summed E-state index contributed by atoms with van der Waals surface area (Å²) in [5.41, 5.74) is 14.0. The van der Waals surface area contributed by atoms with Gasteiger partial charge < -0.3 is 16.8 Å². The summed E-state index contributed by atoms with van der Waals surface area (Å²) in [5.74, 6) is 0.687. The van der Waals surface area contributed by atoms with E-state index >= 15 is 0 Å². The van der Waals surface area contributed by atoms with E-state index in [-0.39, 0.29) is 23.0 Å². The molecule has 0 bridgehead atoms. The molecule has 1 saturated carbocycles. The van der Waals surface area contributed by atoms with Crippen LogP contribution in [0.3, 0.4) is 0 Å². The van der Waals surface area contributed by atoms with Crippen LogP contribution in [0.1, 0.15) is 54.8 Å². The number of nitrogens with zero attached hydrogens (tertiary/aromatic N) is 4. The third kappa shape index (κ3) is 3.85. The largest absolute Gasteiger partial charge is 0.397 e. The number of nitrogens with two attached hydrogens (primary N) is 2. The van der Waals surface area contributed by atoms with Crippen LogP contribution in [0.25, 0.3) is 0 Å². The minimum Gasteiger partial charge on any atom is -0.397 e. The lowest BCUT2D eigenvalue weighted by molar-refractivity contribution is 0.516. The van der Waals surface area contributed by atoms with Crippen LogP contribution in [0.5, 0.6) is 0 Å². The van der Waals surface area contributed by atoms with Crippen molar-refractivity contribution in [3.63, 3.8) is 0 Å². The third-order valence-corrected chi connectivity index (χ3v) is 6.76. The molecule has 152 valence electrons. The first-order valence-corrected chi connectivity index (χ1v) is 10.7. The van der Waals surface area contributed by atoms with Gasteiger partial charge in [-0.3, -0.25) is 5.32 Å². The zero-order chi connectivity index (χ0) is 21.1. The number of thioether (sulfide) groups is 1. The van der Waals surface area contributed by atoms with Crippen molar-refractivity contribution in [2.45, 2.75) is 48.3 Å². The van der Waals surface area contributed by atoms with E-state index in [0.717, 1.165) is 5.56 Å². The second kappa shape index (κ2) is 8.52. The van der Waals surface area contributed by atoms with Gasteiger partial charge in [0, 0.05) is 15.7 Å². The number of hydrogen-bond donors (Lipinski definition) is 4. The fourth-order valence-corrected chi connectivity index (χ4v) is 5.17. The van der Waals surface area contributed by atoms with Crippen LogP contribution >= 0.6 is 11.8 Å². The van der Waals surface area contributed by atoms with Gasteiger partial charge in [-0.25, -0.2) is 9.98 Å². The van der Waals surface area contributed by atoms with Crippen molar-refractivity contribution in [3.8, 4) is 12.3 Å². The highest BCUT2D eigenvalue weighted by atomic mass is 32.2. The number of nitrogens with one attached hydrogen (secondary N) is 2. The molecule has 8 nitrogen and oxygen atoms in total. The van der Waals surface area contributed by atoms with Crippen molar-refractivity contribution in [1.82, 2.24) is 10.3 Å². The Hall–Kier alpha value is -3.43. The fourth-order valence-electron chi connectivity index (χ4n) is 3.93. The molecule has 2 aromatic rings. The predicted octanol–water partition coefficient (Wildman–Crippen LogP) is 3.48. The average Bonchev–Trinajstić information content (AvgIpc) is 2.75. The summed E-state index contributed by atoms with van der Waals surface area (Å²) in [5, 5.41) is 24.5. The Morgan fingerprint density at radius 3 is 2.50 bits per heavy atom. The Balaban J connectivity index is 1.69. The highest BCUT2D eigenvalue weighted by Gasteiger charge is 2.29. The van der Waals surface area contributed by atoms with Gasteiger partial charge in [-0.1, -0.05) is 31.4 Å². The third-order valence-electron chi connectivity index (χ3n) is 5.41. The number of nitriles is 2. The minimum absolute atomic E-state index is 0.0393. The van der Waals surface area contributed by atoms with Crippen molar-refractivity contribution in [3.05, 3.63) is 41.0 Å². The summed E-state index contributed by atoms with van der Waals surface area (Å²) >= 11 is 1.93. The summed E-state index contributed by atoms with van der Waals surface area (Å²) in [4.78, 5) is 10.1. The molecule has 1 atom stereocenters. The number of guanidine groups is 1. The maximum absolute atomic E-state index is 9.42. The molecule has 1 aliphatic heterocycles. The second-order valence-electron chi connectivity index (χ2n) is 7.35. The molecular formula is C21H22N8S. The first-order valence-electron chi connectivity index (χ1n) is 9.86. The molecule has 1 aromatic heterocycles. The number of nitrogen functional groups attached to an aromatic ring is 2. The van der Waals surface area contributed by atoms with Gasteiger partial charge in [-0.15, -0.1) is 11.8 Å². The van der Waals surface area contributed by atoms with Gasteiger partial charge in [0.05, 0.1) is 5.69 Å². The van der Waals surface area contributed by atoms with E-state index < -0.39 is 6.04 Å². The molecule has 0 saturated heterocycles. The van der Waals surface area contributed by atoms with E-state index in [0.29, 0.717) is 16.6 Å². The van der Waals surface area contributed by atoms with Crippen LogP contribution in [0.2, 0.25) is 0 Å². The van der Waals surface area contributed by atoms with Crippen LogP contribution in [0.4, 0.5) is 17.3 Å². The lowest BCUT2D eigenvalue weighted by Crippen LogP contribution is -2.32. The quantitative estimate of drug-likeness (QED) is 0.437. The van der Waals surface area contributed by atoms with E-state index in [2.05, 4.69) is 32.7 Å². The van der Waals surface area contributed by atoms with E-state index in [9.17, 15) is 5.26 Å². The average molecular weight is 419 g/mol. The monoisotopic (exact) mass is 418 g/mol. The molecule has 0 amide bonds. The molecule has 6 N–H and O–H groups in total. The Kier molecular flexibility index (Phi) is 5.64. The van der Waals surface area contributed by atoms with Crippen molar-refractivity contribution in [2.75, 3.05) is 16.8 Å². The van der Waals surface area contributed by atoms with Crippen molar-refractivity contribution in [1.29, 1.82) is 10.5 Å². The number of benzene rings is 1. The van der Waals surface area contributed by atoms with Crippen molar-refractivity contribution in [2.24, 2.45) is 4.99 Å². The van der Waals surface area contributed by atoms with E-state index in [1.165, 1.54) is 37.0 Å². The Labute approximate surface area is 179 Å². The number of fused-ring (bicyclic) bond motifs is 1. The molecule has 2 aliphatic rings. The number of rotatable bonds is 3. The van der Waals surface area contributed by atoms with Crippen LogP contribution in [0, 0.1) is 22.8 Å². The summed E-state index contributed by atoms with van der Waals surface area (Å²) in [7, 11) is 0. The lowest BCUT2D eigenvalue weighted by atomic mass is 9.95. The van der Waals surface area contributed by atoms with Crippen molar-refractivity contribution >= 4 is 35.0 Å². The van der Waals surface area contributed by atoms with Gasteiger partial charge in [0.1, 0.15) is 29.3 Å². The Morgan fingerprint density at radius 1 is 1.10 bits per heavy atom. The topological polar surface area (TPSA) is 149 Å². The van der Waals surface area contributed by atoms with Crippen LogP contribution < -0.4 is 22.1 Å². The van der Waals surface area contributed by atoms with Gasteiger partial charge in [0.25, 0.3) is 0 Å². The fraction of sp³-hybridized carbons (Fsp3) is 0.333. The summed E-state index contributed by atoms with van der Waals surface area (Å²) in [6, 6.07) is 9.72. The molecular weight excluding hydrogens is 396 g/mol. The minimum atomic E-state index is -0.508. The summed E-state index contributed by atoms with van der Waals surface area (Å²) in [6.07, 6.45) is 8.34. The number of aromatic nitrogens is 1. The molecule has 1 unspecified atom stereocenters. The smallest absolute Gasteiger partial charge is 0.211 e. The van der Waals surface area contributed by atoms with E-state index in [1.807, 2.05) is 36.2 Å². The maximum atomic E-state index is 9.42. The molecule has 0 radical (unpaired) electrons. The molecule has 4 rings (SSSR count). The van der Waals surface area contributed by atoms with Gasteiger partial charge in [-0.2, -0.15) is 10.5 Å². The molecule has 1 aromatic carbocycles. The normalized spacial score (nSPS) is 18.3. The van der Waals surface area contributed by atoms with Gasteiger partial charge >= 0.3 is 0 Å². The number of aliphatic imine (C=N–C) groups is 1. The standard InChI is InChI=1S/C21H22N8S/c22-10-15-17(24)16-18(27-21(26-11-23)29-20(16)28-19(15)25)12-6-8-14(9-7-12)30-13-4-2-1-3-5-13/h6-9,13,18H,1-5H2,(H6,24,25,26,27,28,29). The van der Waals surface area contributed by atoms with E-state index in [4.69, 9.17) is 16.7 Å².